The molecule has 0 aliphatic carbocycles. The van der Waals surface area contributed by atoms with Gasteiger partial charge in [0.15, 0.2) is 0 Å². The molecule has 0 spiro atoms. The van der Waals surface area contributed by atoms with Crippen LogP contribution in [-0.4, -0.2) is 11.5 Å². The fourth-order valence-electron chi connectivity index (χ4n) is 2.05. The Kier molecular flexibility index (Phi) is 5.22. The Labute approximate surface area is 120 Å². The number of hydrogen-bond acceptors (Lipinski definition) is 2. The zero-order valence-electron chi connectivity index (χ0n) is 11.2. The molecule has 2 aromatic rings. The third-order valence-corrected chi connectivity index (χ3v) is 3.39. The third-order valence-electron chi connectivity index (χ3n) is 3.07. The molecule has 19 heavy (non-hydrogen) atoms. The molecular formula is C16H19ClN2. The van der Waals surface area contributed by atoms with Crippen molar-refractivity contribution in [3.05, 3.63) is 59.4 Å². The minimum atomic E-state index is 0.808. The van der Waals surface area contributed by atoms with Gasteiger partial charge < -0.3 is 4.90 Å². The molecule has 0 aliphatic heterocycles. The van der Waals surface area contributed by atoms with Crippen LogP contribution in [0.4, 0.5) is 5.69 Å². The number of unbranched alkanes of at least 4 members (excludes halogenated alkanes) is 1. The quantitative estimate of drug-likeness (QED) is 0.769. The van der Waals surface area contributed by atoms with Crippen molar-refractivity contribution in [2.24, 2.45) is 0 Å². The first-order chi connectivity index (χ1) is 9.31. The fourth-order valence-corrected chi connectivity index (χ4v) is 2.31. The summed E-state index contributed by atoms with van der Waals surface area (Å²) >= 11 is 6.31. The van der Waals surface area contributed by atoms with Crippen LogP contribution in [0.2, 0.25) is 5.02 Å². The number of benzene rings is 1. The molecule has 1 heterocycles. The van der Waals surface area contributed by atoms with Gasteiger partial charge in [-0.05, 0) is 30.2 Å². The van der Waals surface area contributed by atoms with Crippen LogP contribution >= 0.6 is 11.6 Å². The van der Waals surface area contributed by atoms with Crippen LogP contribution in [0.1, 0.15) is 25.3 Å². The van der Waals surface area contributed by atoms with Crippen molar-refractivity contribution in [3.8, 4) is 0 Å². The molecule has 0 radical (unpaired) electrons. The van der Waals surface area contributed by atoms with Gasteiger partial charge in [0.05, 0.1) is 10.7 Å². The van der Waals surface area contributed by atoms with Crippen molar-refractivity contribution in [1.29, 1.82) is 0 Å². The average molecular weight is 275 g/mol. The van der Waals surface area contributed by atoms with Crippen molar-refractivity contribution < 1.29 is 0 Å². The minimum absolute atomic E-state index is 0.808. The lowest BCUT2D eigenvalue weighted by atomic mass is 10.2. The van der Waals surface area contributed by atoms with Crippen molar-refractivity contribution in [1.82, 2.24) is 4.98 Å². The third kappa shape index (κ3) is 3.97. The highest BCUT2D eigenvalue weighted by atomic mass is 35.5. The first-order valence-electron chi connectivity index (χ1n) is 6.69. The van der Waals surface area contributed by atoms with Gasteiger partial charge in [0, 0.05) is 25.5 Å². The summed E-state index contributed by atoms with van der Waals surface area (Å²) in [5.74, 6) is 0. The number of nitrogens with zero attached hydrogens (tertiary/aromatic N) is 2. The second-order valence-electron chi connectivity index (χ2n) is 4.59. The van der Waals surface area contributed by atoms with E-state index in [1.807, 2.05) is 30.5 Å². The lowest BCUT2D eigenvalue weighted by molar-refractivity contribution is 0.715. The van der Waals surface area contributed by atoms with E-state index in [4.69, 9.17) is 11.6 Å². The van der Waals surface area contributed by atoms with Gasteiger partial charge in [0.1, 0.15) is 0 Å². The standard InChI is InChI=1S/C16H19ClN2/c1-2-3-11-19(13-14-7-6-10-18-12-14)16-9-5-4-8-15(16)17/h4-10,12H,2-3,11,13H2,1H3. The van der Waals surface area contributed by atoms with Gasteiger partial charge in [-0.2, -0.15) is 0 Å². The number of anilines is 1. The van der Waals surface area contributed by atoms with E-state index in [1.165, 1.54) is 12.0 Å². The number of aromatic nitrogens is 1. The van der Waals surface area contributed by atoms with Crippen molar-refractivity contribution >= 4 is 17.3 Å². The molecule has 3 heteroatoms. The van der Waals surface area contributed by atoms with Crippen molar-refractivity contribution in [3.63, 3.8) is 0 Å². The smallest absolute Gasteiger partial charge is 0.0639 e. The second kappa shape index (κ2) is 7.15. The Morgan fingerprint density at radius 1 is 1.16 bits per heavy atom. The molecule has 0 aliphatic rings. The Morgan fingerprint density at radius 3 is 2.68 bits per heavy atom. The molecule has 0 saturated carbocycles. The summed E-state index contributed by atoms with van der Waals surface area (Å²) in [7, 11) is 0. The monoisotopic (exact) mass is 274 g/mol. The van der Waals surface area contributed by atoms with Crippen LogP contribution < -0.4 is 4.90 Å². The Bertz CT molecular complexity index is 499. The van der Waals surface area contributed by atoms with Gasteiger partial charge in [0.2, 0.25) is 0 Å². The predicted molar refractivity (Wildman–Crippen MR) is 81.6 cm³/mol. The largest absolute Gasteiger partial charge is 0.366 e. The zero-order valence-corrected chi connectivity index (χ0v) is 12.0. The molecule has 2 nitrogen and oxygen atoms in total. The number of rotatable bonds is 6. The molecule has 0 unspecified atom stereocenters. The normalized spacial score (nSPS) is 10.4. The van der Waals surface area contributed by atoms with Crippen molar-refractivity contribution in [2.45, 2.75) is 26.3 Å². The summed E-state index contributed by atoms with van der Waals surface area (Å²) in [5, 5.41) is 0.808. The summed E-state index contributed by atoms with van der Waals surface area (Å²) in [6.07, 6.45) is 6.05. The summed E-state index contributed by atoms with van der Waals surface area (Å²) < 4.78 is 0. The van der Waals surface area contributed by atoms with E-state index >= 15 is 0 Å². The number of hydrogen-bond donors (Lipinski definition) is 0. The summed E-state index contributed by atoms with van der Waals surface area (Å²) in [4.78, 5) is 6.50. The van der Waals surface area contributed by atoms with Crippen LogP contribution in [-0.2, 0) is 6.54 Å². The molecule has 0 atom stereocenters. The first-order valence-corrected chi connectivity index (χ1v) is 7.07. The minimum Gasteiger partial charge on any atom is -0.366 e. The van der Waals surface area contributed by atoms with Crippen LogP contribution in [0, 0.1) is 0 Å². The lowest BCUT2D eigenvalue weighted by Crippen LogP contribution is -2.24. The average Bonchev–Trinajstić information content (AvgIpc) is 2.45. The van der Waals surface area contributed by atoms with Crippen LogP contribution in [0.15, 0.2) is 48.8 Å². The van der Waals surface area contributed by atoms with Crippen LogP contribution in [0.5, 0.6) is 0 Å². The summed E-state index contributed by atoms with van der Waals surface area (Å²) in [6.45, 7) is 4.06. The van der Waals surface area contributed by atoms with E-state index in [2.05, 4.69) is 28.9 Å². The highest BCUT2D eigenvalue weighted by Crippen LogP contribution is 2.26. The molecule has 0 amide bonds. The van der Waals surface area contributed by atoms with Gasteiger partial charge in [-0.25, -0.2) is 0 Å². The highest BCUT2D eigenvalue weighted by Gasteiger charge is 2.10. The van der Waals surface area contributed by atoms with Gasteiger partial charge >= 0.3 is 0 Å². The van der Waals surface area contributed by atoms with Gasteiger partial charge in [-0.15, -0.1) is 0 Å². The maximum atomic E-state index is 6.31. The summed E-state index contributed by atoms with van der Waals surface area (Å²) in [5.41, 5.74) is 2.31. The molecule has 1 aromatic carbocycles. The molecule has 1 aromatic heterocycles. The molecule has 0 saturated heterocycles. The molecule has 0 fully saturated rings. The summed E-state index contributed by atoms with van der Waals surface area (Å²) in [6, 6.07) is 12.1. The second-order valence-corrected chi connectivity index (χ2v) is 4.99. The SMILES string of the molecule is CCCCN(Cc1cccnc1)c1ccccc1Cl. The van der Waals surface area contributed by atoms with Crippen LogP contribution in [0.3, 0.4) is 0 Å². The number of para-hydroxylation sites is 1. The van der Waals surface area contributed by atoms with E-state index in [9.17, 15) is 0 Å². The Morgan fingerprint density at radius 2 is 2.00 bits per heavy atom. The maximum Gasteiger partial charge on any atom is 0.0639 e. The molecular weight excluding hydrogens is 256 g/mol. The van der Waals surface area contributed by atoms with E-state index in [0.717, 1.165) is 30.2 Å². The molecule has 0 N–H and O–H groups in total. The van der Waals surface area contributed by atoms with Gasteiger partial charge in [0.25, 0.3) is 0 Å². The Hall–Kier alpha value is -1.54. The molecule has 2 rings (SSSR count). The fraction of sp³-hybridized carbons (Fsp3) is 0.312. The Balaban J connectivity index is 2.19. The number of halogens is 1. The number of pyridine rings is 1. The molecule has 0 bridgehead atoms. The lowest BCUT2D eigenvalue weighted by Gasteiger charge is -2.25. The highest BCUT2D eigenvalue weighted by molar-refractivity contribution is 6.33. The predicted octanol–water partition coefficient (Wildman–Crippen LogP) is 4.54. The zero-order chi connectivity index (χ0) is 13.5. The van der Waals surface area contributed by atoms with E-state index in [-0.39, 0.29) is 0 Å². The van der Waals surface area contributed by atoms with Gasteiger partial charge in [-0.1, -0.05) is 43.1 Å². The topological polar surface area (TPSA) is 16.1 Å². The van der Waals surface area contributed by atoms with Gasteiger partial charge in [-0.3, -0.25) is 4.98 Å². The van der Waals surface area contributed by atoms with Crippen LogP contribution in [0.25, 0.3) is 0 Å². The van der Waals surface area contributed by atoms with E-state index in [0.29, 0.717) is 0 Å². The van der Waals surface area contributed by atoms with Crippen molar-refractivity contribution in [2.75, 3.05) is 11.4 Å². The van der Waals surface area contributed by atoms with E-state index in [1.54, 1.807) is 6.20 Å². The molecule has 100 valence electrons. The van der Waals surface area contributed by atoms with E-state index < -0.39 is 0 Å². The maximum absolute atomic E-state index is 6.31. The first kappa shape index (κ1) is 13.9.